The van der Waals surface area contributed by atoms with Crippen molar-refractivity contribution in [3.63, 3.8) is 0 Å². The van der Waals surface area contributed by atoms with E-state index < -0.39 is 9.84 Å². The number of fused-ring (bicyclic) bond motifs is 1. The normalized spacial score (nSPS) is 15.2. The molecular formula is C19H21NO3S. The van der Waals surface area contributed by atoms with Crippen molar-refractivity contribution in [1.82, 2.24) is 5.32 Å². The van der Waals surface area contributed by atoms with Gasteiger partial charge in [0.05, 0.1) is 4.90 Å². The van der Waals surface area contributed by atoms with Gasteiger partial charge in [-0.2, -0.15) is 0 Å². The van der Waals surface area contributed by atoms with E-state index in [2.05, 4.69) is 18.3 Å². The zero-order valence-electron chi connectivity index (χ0n) is 13.8. The lowest BCUT2D eigenvalue weighted by atomic mass is 10.0. The third kappa shape index (κ3) is 3.68. The van der Waals surface area contributed by atoms with Crippen molar-refractivity contribution in [3.05, 3.63) is 65.2 Å². The van der Waals surface area contributed by atoms with Gasteiger partial charge in [0.25, 0.3) is 0 Å². The molecule has 0 fully saturated rings. The lowest BCUT2D eigenvalue weighted by Crippen LogP contribution is -2.31. The minimum absolute atomic E-state index is 0.0889. The zero-order chi connectivity index (χ0) is 17.2. The van der Waals surface area contributed by atoms with E-state index in [-0.39, 0.29) is 6.04 Å². The van der Waals surface area contributed by atoms with Crippen LogP contribution < -0.4 is 10.1 Å². The van der Waals surface area contributed by atoms with Crippen molar-refractivity contribution in [2.24, 2.45) is 0 Å². The van der Waals surface area contributed by atoms with E-state index in [4.69, 9.17) is 4.74 Å². The first kappa shape index (κ1) is 16.7. The highest BCUT2D eigenvalue weighted by Gasteiger charge is 2.17. The van der Waals surface area contributed by atoms with Gasteiger partial charge in [-0.05, 0) is 36.3 Å². The first-order valence-corrected chi connectivity index (χ1v) is 9.78. The van der Waals surface area contributed by atoms with Gasteiger partial charge < -0.3 is 10.1 Å². The SMILES string of the molecule is CC(NCc1ccccc1S(C)(=O)=O)C1=Cc2ccccc2OC1. The Bertz CT molecular complexity index is 872. The molecule has 126 valence electrons. The molecule has 1 unspecified atom stereocenters. The first-order valence-electron chi connectivity index (χ1n) is 7.89. The predicted molar refractivity (Wildman–Crippen MR) is 95.8 cm³/mol. The van der Waals surface area contributed by atoms with E-state index in [1.807, 2.05) is 36.4 Å². The lowest BCUT2D eigenvalue weighted by Gasteiger charge is -2.23. The molecule has 0 bridgehead atoms. The largest absolute Gasteiger partial charge is 0.489 e. The fourth-order valence-corrected chi connectivity index (χ4v) is 3.73. The van der Waals surface area contributed by atoms with Crippen molar-refractivity contribution in [2.75, 3.05) is 12.9 Å². The highest BCUT2D eigenvalue weighted by atomic mass is 32.2. The van der Waals surface area contributed by atoms with E-state index >= 15 is 0 Å². The molecule has 0 aromatic heterocycles. The van der Waals surface area contributed by atoms with Gasteiger partial charge in [-0.25, -0.2) is 8.42 Å². The summed E-state index contributed by atoms with van der Waals surface area (Å²) in [5.74, 6) is 0.899. The van der Waals surface area contributed by atoms with Crippen LogP contribution in [-0.4, -0.2) is 27.3 Å². The second-order valence-electron chi connectivity index (χ2n) is 6.03. The Morgan fingerprint density at radius 3 is 2.62 bits per heavy atom. The van der Waals surface area contributed by atoms with Crippen molar-refractivity contribution >= 4 is 15.9 Å². The molecule has 1 atom stereocenters. The van der Waals surface area contributed by atoms with Gasteiger partial charge in [0.2, 0.25) is 0 Å². The topological polar surface area (TPSA) is 55.4 Å². The molecule has 2 aromatic carbocycles. The minimum Gasteiger partial charge on any atom is -0.489 e. The molecule has 1 heterocycles. The number of nitrogens with one attached hydrogen (secondary N) is 1. The van der Waals surface area contributed by atoms with Crippen molar-refractivity contribution in [2.45, 2.75) is 24.4 Å². The zero-order valence-corrected chi connectivity index (χ0v) is 14.6. The Morgan fingerprint density at radius 2 is 1.83 bits per heavy atom. The Balaban J connectivity index is 1.74. The average Bonchev–Trinajstić information content (AvgIpc) is 2.58. The maximum atomic E-state index is 11.9. The maximum absolute atomic E-state index is 11.9. The summed E-state index contributed by atoms with van der Waals surface area (Å²) >= 11 is 0. The van der Waals surface area contributed by atoms with E-state index in [9.17, 15) is 8.42 Å². The molecule has 24 heavy (non-hydrogen) atoms. The summed E-state index contributed by atoms with van der Waals surface area (Å²) in [6.45, 7) is 3.09. The number of hydrogen-bond acceptors (Lipinski definition) is 4. The fourth-order valence-electron chi connectivity index (χ4n) is 2.79. The van der Waals surface area contributed by atoms with Crippen molar-refractivity contribution in [1.29, 1.82) is 0 Å². The molecule has 4 nitrogen and oxygen atoms in total. The molecule has 0 saturated heterocycles. The average molecular weight is 343 g/mol. The van der Waals surface area contributed by atoms with E-state index in [1.165, 1.54) is 6.26 Å². The minimum atomic E-state index is -3.23. The van der Waals surface area contributed by atoms with Crippen LogP contribution in [0.3, 0.4) is 0 Å². The smallest absolute Gasteiger partial charge is 0.175 e. The summed E-state index contributed by atoms with van der Waals surface area (Å²) < 4.78 is 29.5. The quantitative estimate of drug-likeness (QED) is 0.907. The van der Waals surface area contributed by atoms with Crippen LogP contribution in [0.1, 0.15) is 18.1 Å². The van der Waals surface area contributed by atoms with Crippen LogP contribution in [0, 0.1) is 0 Å². The molecule has 1 N–H and O–H groups in total. The van der Waals surface area contributed by atoms with Crippen LogP contribution in [0.5, 0.6) is 5.75 Å². The summed E-state index contributed by atoms with van der Waals surface area (Å²) in [4.78, 5) is 0.379. The monoisotopic (exact) mass is 343 g/mol. The Kier molecular flexibility index (Phi) is 4.73. The molecule has 0 spiro atoms. The number of rotatable bonds is 5. The second-order valence-corrected chi connectivity index (χ2v) is 8.01. The van der Waals surface area contributed by atoms with Gasteiger partial charge in [0.1, 0.15) is 12.4 Å². The maximum Gasteiger partial charge on any atom is 0.175 e. The van der Waals surface area contributed by atoms with Crippen LogP contribution >= 0.6 is 0 Å². The number of hydrogen-bond donors (Lipinski definition) is 1. The van der Waals surface area contributed by atoms with E-state index in [1.54, 1.807) is 12.1 Å². The molecular weight excluding hydrogens is 322 g/mol. The second kappa shape index (κ2) is 6.79. The van der Waals surface area contributed by atoms with Gasteiger partial charge >= 0.3 is 0 Å². The van der Waals surface area contributed by atoms with Crippen LogP contribution in [0.2, 0.25) is 0 Å². The van der Waals surface area contributed by atoms with E-state index in [0.29, 0.717) is 18.0 Å². The Hall–Kier alpha value is -2.11. The highest BCUT2D eigenvalue weighted by molar-refractivity contribution is 7.90. The van der Waals surface area contributed by atoms with Gasteiger partial charge in [0.15, 0.2) is 9.84 Å². The summed E-state index contributed by atoms with van der Waals surface area (Å²) in [5.41, 5.74) is 3.00. The Morgan fingerprint density at radius 1 is 1.12 bits per heavy atom. The summed E-state index contributed by atoms with van der Waals surface area (Å²) in [6.07, 6.45) is 3.38. The first-order chi connectivity index (χ1) is 11.4. The molecule has 0 amide bonds. The van der Waals surface area contributed by atoms with Gasteiger partial charge in [-0.1, -0.05) is 36.4 Å². The molecule has 3 rings (SSSR count). The molecule has 0 aliphatic carbocycles. The lowest BCUT2D eigenvalue weighted by molar-refractivity contribution is 0.334. The number of sulfone groups is 1. The van der Waals surface area contributed by atoms with Crippen LogP contribution in [0.25, 0.3) is 6.08 Å². The highest BCUT2D eigenvalue weighted by Crippen LogP contribution is 2.27. The van der Waals surface area contributed by atoms with Crippen LogP contribution in [0.4, 0.5) is 0 Å². The van der Waals surface area contributed by atoms with Gasteiger partial charge in [-0.15, -0.1) is 0 Å². The molecule has 0 saturated carbocycles. The summed E-state index contributed by atoms with van der Waals surface area (Å²) in [7, 11) is -3.23. The third-order valence-electron chi connectivity index (χ3n) is 4.18. The number of benzene rings is 2. The van der Waals surface area contributed by atoms with Crippen molar-refractivity contribution in [3.8, 4) is 5.75 Å². The van der Waals surface area contributed by atoms with E-state index in [0.717, 1.165) is 22.4 Å². The number of ether oxygens (including phenoxy) is 1. The third-order valence-corrected chi connectivity index (χ3v) is 5.38. The fraction of sp³-hybridized carbons (Fsp3) is 0.263. The van der Waals surface area contributed by atoms with Crippen LogP contribution in [-0.2, 0) is 16.4 Å². The van der Waals surface area contributed by atoms with Crippen LogP contribution in [0.15, 0.2) is 59.0 Å². The molecule has 1 aliphatic rings. The molecule has 2 aromatic rings. The van der Waals surface area contributed by atoms with Gasteiger partial charge in [-0.3, -0.25) is 0 Å². The summed E-state index contributed by atoms with van der Waals surface area (Å²) in [6, 6.07) is 15.1. The van der Waals surface area contributed by atoms with Crippen molar-refractivity contribution < 1.29 is 13.2 Å². The molecule has 0 radical (unpaired) electrons. The summed E-state index contributed by atoms with van der Waals surface area (Å²) in [5, 5.41) is 3.40. The van der Waals surface area contributed by atoms with Gasteiger partial charge in [0, 0.05) is 24.4 Å². The Labute approximate surface area is 143 Å². The predicted octanol–water partition coefficient (Wildman–Crippen LogP) is 3.04. The molecule has 1 aliphatic heterocycles. The molecule has 5 heteroatoms. The standard InChI is InChI=1S/C19H21NO3S/c1-14(17-11-15-7-3-5-9-18(15)23-13-17)20-12-16-8-4-6-10-19(16)24(2,21)22/h3-11,14,20H,12-13H2,1-2H3. The number of para-hydroxylation sites is 1.